The van der Waals surface area contributed by atoms with Crippen LogP contribution in [-0.4, -0.2) is 52.3 Å². The van der Waals surface area contributed by atoms with Crippen LogP contribution in [0.2, 0.25) is 0 Å². The van der Waals surface area contributed by atoms with Crippen molar-refractivity contribution in [1.82, 2.24) is 14.8 Å². The molecule has 4 aromatic rings. The average Bonchev–Trinajstić information content (AvgIpc) is 3.77. The molecule has 1 N–H and O–H groups in total. The number of amides is 2. The summed E-state index contributed by atoms with van der Waals surface area (Å²) in [6.45, 7) is 5.89. The zero-order valence-corrected chi connectivity index (χ0v) is 24.3. The highest BCUT2D eigenvalue weighted by atomic mass is 16.5. The molecule has 1 aliphatic rings. The number of nitrogens with zero attached hydrogens (tertiary/aromatic N) is 2. The number of hydrogen-bond acceptors (Lipinski definition) is 3. The van der Waals surface area contributed by atoms with E-state index in [2.05, 4.69) is 36.2 Å². The third-order valence-electron chi connectivity index (χ3n) is 7.86. The molecular formula is C35H41N3O3. The molecule has 6 nitrogen and oxygen atoms in total. The molecule has 6 heteroatoms. The summed E-state index contributed by atoms with van der Waals surface area (Å²) in [7, 11) is 0. The van der Waals surface area contributed by atoms with Crippen molar-refractivity contribution in [1.29, 1.82) is 0 Å². The Morgan fingerprint density at radius 1 is 0.902 bits per heavy atom. The van der Waals surface area contributed by atoms with Gasteiger partial charge in [-0.2, -0.15) is 0 Å². The van der Waals surface area contributed by atoms with E-state index in [1.807, 2.05) is 66.6 Å². The number of H-pyrrole nitrogens is 1. The normalized spacial score (nSPS) is 12.8. The SMILES string of the molecule is CCCCc1ccc(C(=O)N(CC(=O)N(CCc2c[nH]c3ccccc23)Cc2ccc(OCC)cc2)C2CC2)cc1. The lowest BCUT2D eigenvalue weighted by atomic mass is 10.1. The lowest BCUT2D eigenvalue weighted by molar-refractivity contribution is -0.132. The standard InChI is InChI=1S/C35H41N3O3/c1-3-5-8-26-11-15-28(16-12-26)35(40)38(30-17-18-30)25-34(39)37(24-27-13-19-31(20-14-27)41-4-2)22-21-29-23-36-33-10-7-6-9-32(29)33/h6-7,9-16,19-20,23,30,36H,3-5,8,17-18,21-22,24-25H2,1-2H3. The quantitative estimate of drug-likeness (QED) is 0.188. The number of unbranched alkanes of at least 4 members (excludes halogenated alkanes) is 1. The van der Waals surface area contributed by atoms with Gasteiger partial charge in [-0.25, -0.2) is 0 Å². The van der Waals surface area contributed by atoms with Crippen LogP contribution in [0.5, 0.6) is 5.75 Å². The Kier molecular flexibility index (Phi) is 9.40. The number of ether oxygens (including phenoxy) is 1. The molecule has 41 heavy (non-hydrogen) atoms. The molecule has 0 unspecified atom stereocenters. The molecule has 0 aliphatic heterocycles. The van der Waals surface area contributed by atoms with E-state index in [9.17, 15) is 9.59 Å². The number of hydrogen-bond donors (Lipinski definition) is 1. The van der Waals surface area contributed by atoms with Crippen LogP contribution in [0.4, 0.5) is 0 Å². The molecule has 214 valence electrons. The van der Waals surface area contributed by atoms with E-state index in [1.54, 1.807) is 4.90 Å². The molecule has 1 fully saturated rings. The number of aryl methyl sites for hydroxylation is 1. The number of benzene rings is 3. The molecular weight excluding hydrogens is 510 g/mol. The second-order valence-corrected chi connectivity index (χ2v) is 11.0. The fourth-order valence-corrected chi connectivity index (χ4v) is 5.32. The fourth-order valence-electron chi connectivity index (χ4n) is 5.32. The van der Waals surface area contributed by atoms with Crippen molar-refractivity contribution in [3.8, 4) is 5.75 Å². The maximum absolute atomic E-state index is 13.9. The third-order valence-corrected chi connectivity index (χ3v) is 7.86. The summed E-state index contributed by atoms with van der Waals surface area (Å²) in [6, 6.07) is 24.2. The number of aromatic amines is 1. The zero-order chi connectivity index (χ0) is 28.6. The summed E-state index contributed by atoms with van der Waals surface area (Å²) in [6.07, 6.45) is 7.96. The van der Waals surface area contributed by atoms with Crippen molar-refractivity contribution >= 4 is 22.7 Å². The maximum atomic E-state index is 13.9. The summed E-state index contributed by atoms with van der Waals surface area (Å²) in [4.78, 5) is 34.5. The van der Waals surface area contributed by atoms with Crippen molar-refractivity contribution in [3.63, 3.8) is 0 Å². The van der Waals surface area contributed by atoms with Gasteiger partial charge < -0.3 is 19.5 Å². The molecule has 1 saturated carbocycles. The summed E-state index contributed by atoms with van der Waals surface area (Å²) in [5.41, 5.74) is 5.22. The molecule has 0 saturated heterocycles. The van der Waals surface area contributed by atoms with Gasteiger partial charge in [-0.05, 0) is 86.1 Å². The van der Waals surface area contributed by atoms with Crippen LogP contribution in [0.15, 0.2) is 79.0 Å². The van der Waals surface area contributed by atoms with Gasteiger partial charge in [0.05, 0.1) is 6.61 Å². The lowest BCUT2D eigenvalue weighted by Crippen LogP contribution is -2.44. The van der Waals surface area contributed by atoms with Crippen LogP contribution in [0.1, 0.15) is 66.6 Å². The Hall–Kier alpha value is -4.06. The Morgan fingerprint density at radius 2 is 1.63 bits per heavy atom. The van der Waals surface area contributed by atoms with Crippen LogP contribution in [0.25, 0.3) is 10.9 Å². The van der Waals surface area contributed by atoms with Gasteiger partial charge in [0.15, 0.2) is 0 Å². The monoisotopic (exact) mass is 551 g/mol. The molecule has 1 heterocycles. The predicted molar refractivity (Wildman–Crippen MR) is 164 cm³/mol. The minimum atomic E-state index is -0.0551. The number of rotatable bonds is 14. The average molecular weight is 552 g/mol. The molecule has 0 radical (unpaired) electrons. The number of carbonyl (C=O) groups is 2. The van der Waals surface area contributed by atoms with Gasteiger partial charge in [-0.1, -0.05) is 55.8 Å². The van der Waals surface area contributed by atoms with Gasteiger partial charge in [-0.15, -0.1) is 0 Å². The molecule has 5 rings (SSSR count). The van der Waals surface area contributed by atoms with Crippen LogP contribution >= 0.6 is 0 Å². The van der Waals surface area contributed by atoms with E-state index in [0.29, 0.717) is 25.3 Å². The van der Waals surface area contributed by atoms with E-state index >= 15 is 0 Å². The largest absolute Gasteiger partial charge is 0.494 e. The number of carbonyl (C=O) groups excluding carboxylic acids is 2. The highest BCUT2D eigenvalue weighted by Gasteiger charge is 2.35. The first-order chi connectivity index (χ1) is 20.1. The Morgan fingerprint density at radius 3 is 2.34 bits per heavy atom. The van der Waals surface area contributed by atoms with E-state index < -0.39 is 0 Å². The highest BCUT2D eigenvalue weighted by Crippen LogP contribution is 2.29. The Balaban J connectivity index is 1.32. The van der Waals surface area contributed by atoms with Crippen molar-refractivity contribution in [2.75, 3.05) is 19.7 Å². The molecule has 1 aliphatic carbocycles. The number of aromatic nitrogens is 1. The first-order valence-corrected chi connectivity index (χ1v) is 15.0. The van der Waals surface area contributed by atoms with E-state index in [0.717, 1.165) is 55.4 Å². The smallest absolute Gasteiger partial charge is 0.254 e. The van der Waals surface area contributed by atoms with Crippen molar-refractivity contribution in [2.24, 2.45) is 0 Å². The predicted octanol–water partition coefficient (Wildman–Crippen LogP) is 6.79. The van der Waals surface area contributed by atoms with E-state index in [-0.39, 0.29) is 24.4 Å². The van der Waals surface area contributed by atoms with E-state index in [4.69, 9.17) is 4.74 Å². The fraction of sp³-hybridized carbons (Fsp3) is 0.371. The molecule has 3 aromatic carbocycles. The van der Waals surface area contributed by atoms with Gasteiger partial charge in [0.1, 0.15) is 12.3 Å². The van der Waals surface area contributed by atoms with Crippen LogP contribution in [-0.2, 0) is 24.2 Å². The number of nitrogens with one attached hydrogen (secondary N) is 1. The molecule has 1 aromatic heterocycles. The summed E-state index contributed by atoms with van der Waals surface area (Å²) in [5, 5.41) is 1.18. The third kappa shape index (κ3) is 7.37. The number of fused-ring (bicyclic) bond motifs is 1. The summed E-state index contributed by atoms with van der Waals surface area (Å²) in [5.74, 6) is 0.734. The molecule has 2 amide bonds. The van der Waals surface area contributed by atoms with E-state index in [1.165, 1.54) is 16.5 Å². The van der Waals surface area contributed by atoms with Crippen LogP contribution in [0, 0.1) is 0 Å². The lowest BCUT2D eigenvalue weighted by Gasteiger charge is -2.28. The topological polar surface area (TPSA) is 65.6 Å². The van der Waals surface area contributed by atoms with Gasteiger partial charge in [0.25, 0.3) is 5.91 Å². The second-order valence-electron chi connectivity index (χ2n) is 11.0. The second kappa shape index (κ2) is 13.5. The van der Waals surface area contributed by atoms with Gasteiger partial charge >= 0.3 is 0 Å². The van der Waals surface area contributed by atoms with Gasteiger partial charge in [-0.3, -0.25) is 9.59 Å². The minimum Gasteiger partial charge on any atom is -0.494 e. The molecule has 0 atom stereocenters. The van der Waals surface area contributed by atoms with Crippen molar-refractivity contribution < 1.29 is 14.3 Å². The first-order valence-electron chi connectivity index (χ1n) is 15.0. The number of para-hydroxylation sites is 1. The Bertz CT molecular complexity index is 1440. The minimum absolute atomic E-state index is 0.0291. The summed E-state index contributed by atoms with van der Waals surface area (Å²) >= 11 is 0. The van der Waals surface area contributed by atoms with Crippen LogP contribution in [0.3, 0.4) is 0 Å². The maximum Gasteiger partial charge on any atom is 0.254 e. The van der Waals surface area contributed by atoms with Crippen LogP contribution < -0.4 is 4.74 Å². The Labute approximate surface area is 243 Å². The zero-order valence-electron chi connectivity index (χ0n) is 24.3. The van der Waals surface area contributed by atoms with Crippen molar-refractivity contribution in [3.05, 3.63) is 101 Å². The van der Waals surface area contributed by atoms with Gasteiger partial charge in [0, 0.05) is 41.8 Å². The highest BCUT2D eigenvalue weighted by molar-refractivity contribution is 5.97. The van der Waals surface area contributed by atoms with Gasteiger partial charge in [0.2, 0.25) is 5.91 Å². The molecule has 0 bridgehead atoms. The summed E-state index contributed by atoms with van der Waals surface area (Å²) < 4.78 is 5.60. The van der Waals surface area contributed by atoms with Crippen molar-refractivity contribution in [2.45, 2.75) is 65.0 Å². The first kappa shape index (κ1) is 28.5. The molecule has 0 spiro atoms.